The molecule has 1 rings (SSSR count). The smallest absolute Gasteiger partial charge is 0.0550 e. The van der Waals surface area contributed by atoms with E-state index in [4.69, 9.17) is 0 Å². The van der Waals surface area contributed by atoms with Crippen molar-refractivity contribution in [3.05, 3.63) is 30.6 Å². The van der Waals surface area contributed by atoms with Gasteiger partial charge in [0.05, 0.1) is 5.69 Å². The van der Waals surface area contributed by atoms with E-state index < -0.39 is 0 Å². The Morgan fingerprint density at radius 1 is 1.47 bits per heavy atom. The van der Waals surface area contributed by atoms with Crippen LogP contribution in [0, 0.1) is 0 Å². The van der Waals surface area contributed by atoms with E-state index in [0.717, 1.165) is 13.0 Å². The van der Waals surface area contributed by atoms with Gasteiger partial charge in [-0.15, -0.1) is 6.58 Å². The quantitative estimate of drug-likeness (QED) is 0.526. The number of nitrogens with one attached hydrogen (secondary N) is 1. The van der Waals surface area contributed by atoms with E-state index in [2.05, 4.69) is 30.0 Å². The zero-order valence-corrected chi connectivity index (χ0v) is 11.2. The number of aromatic nitrogens is 2. The van der Waals surface area contributed by atoms with Crippen LogP contribution in [0.25, 0.3) is 0 Å². The van der Waals surface area contributed by atoms with E-state index >= 15 is 0 Å². The Morgan fingerprint density at radius 2 is 2.29 bits per heavy atom. The molecule has 17 heavy (non-hydrogen) atoms. The van der Waals surface area contributed by atoms with Crippen LogP contribution in [-0.4, -0.2) is 16.3 Å². The number of nitrogens with zero attached hydrogens (tertiary/aromatic N) is 2. The number of aryl methyl sites for hydroxylation is 1. The lowest BCUT2D eigenvalue weighted by molar-refractivity contribution is 0.456. The number of hydrogen-bond donors (Lipinski definition) is 1. The molecule has 1 aromatic heterocycles. The van der Waals surface area contributed by atoms with Crippen molar-refractivity contribution in [2.75, 3.05) is 6.54 Å². The molecule has 0 bridgehead atoms. The van der Waals surface area contributed by atoms with Gasteiger partial charge in [0.25, 0.3) is 0 Å². The van der Waals surface area contributed by atoms with Gasteiger partial charge < -0.3 is 5.32 Å². The molecule has 3 heteroatoms. The van der Waals surface area contributed by atoms with Crippen molar-refractivity contribution in [2.24, 2.45) is 7.05 Å². The minimum atomic E-state index is 0.441. The zero-order valence-electron chi connectivity index (χ0n) is 11.2. The maximum absolute atomic E-state index is 4.24. The van der Waals surface area contributed by atoms with Gasteiger partial charge in [0, 0.05) is 19.3 Å². The summed E-state index contributed by atoms with van der Waals surface area (Å²) >= 11 is 0. The van der Waals surface area contributed by atoms with Gasteiger partial charge in [-0.25, -0.2) is 0 Å². The molecule has 1 aromatic rings. The summed E-state index contributed by atoms with van der Waals surface area (Å²) in [5.41, 5.74) is 1.29. The Hall–Kier alpha value is -1.09. The van der Waals surface area contributed by atoms with Crippen LogP contribution in [0.3, 0.4) is 0 Å². The van der Waals surface area contributed by atoms with Gasteiger partial charge in [0.2, 0.25) is 0 Å². The summed E-state index contributed by atoms with van der Waals surface area (Å²) in [6.07, 6.45) is 10.00. The fraction of sp³-hybridized carbons (Fsp3) is 0.643. The molecule has 3 nitrogen and oxygen atoms in total. The number of unbranched alkanes of at least 4 members (excludes halogenated alkanes) is 3. The topological polar surface area (TPSA) is 29.9 Å². The van der Waals surface area contributed by atoms with Gasteiger partial charge in [-0.05, 0) is 31.9 Å². The van der Waals surface area contributed by atoms with Crippen molar-refractivity contribution in [1.82, 2.24) is 15.1 Å². The average Bonchev–Trinajstić information content (AvgIpc) is 2.74. The van der Waals surface area contributed by atoms with E-state index in [0.29, 0.717) is 6.04 Å². The van der Waals surface area contributed by atoms with Crippen molar-refractivity contribution in [2.45, 2.75) is 45.1 Å². The van der Waals surface area contributed by atoms with Crippen molar-refractivity contribution < 1.29 is 0 Å². The predicted octanol–water partition coefficient (Wildman–Crippen LogP) is 3.21. The second-order valence-corrected chi connectivity index (χ2v) is 4.42. The van der Waals surface area contributed by atoms with E-state index in [-0.39, 0.29) is 0 Å². The van der Waals surface area contributed by atoms with Crippen LogP contribution in [0.1, 0.15) is 50.8 Å². The number of allylic oxidation sites excluding steroid dienone is 1. The zero-order chi connectivity index (χ0) is 12.5. The summed E-state index contributed by atoms with van der Waals surface area (Å²) in [5, 5.41) is 7.78. The molecule has 1 atom stereocenters. The van der Waals surface area contributed by atoms with Crippen molar-refractivity contribution in [3.63, 3.8) is 0 Å². The van der Waals surface area contributed by atoms with Crippen LogP contribution in [-0.2, 0) is 7.05 Å². The van der Waals surface area contributed by atoms with Crippen LogP contribution >= 0.6 is 0 Å². The highest BCUT2D eigenvalue weighted by Gasteiger charge is 2.12. The highest BCUT2D eigenvalue weighted by atomic mass is 15.3. The second-order valence-electron chi connectivity index (χ2n) is 4.42. The fourth-order valence-corrected chi connectivity index (χ4v) is 2.14. The van der Waals surface area contributed by atoms with Gasteiger partial charge in [0.1, 0.15) is 0 Å². The van der Waals surface area contributed by atoms with Crippen LogP contribution in [0.15, 0.2) is 24.9 Å². The average molecular weight is 235 g/mol. The molecule has 0 aliphatic carbocycles. The van der Waals surface area contributed by atoms with E-state index in [1.54, 1.807) is 0 Å². The highest BCUT2D eigenvalue weighted by molar-refractivity contribution is 5.06. The molecule has 0 saturated carbocycles. The van der Waals surface area contributed by atoms with Crippen LogP contribution in [0.4, 0.5) is 0 Å². The third kappa shape index (κ3) is 4.73. The molecule has 0 spiro atoms. The molecule has 1 unspecified atom stereocenters. The maximum Gasteiger partial charge on any atom is 0.0550 e. The summed E-state index contributed by atoms with van der Waals surface area (Å²) in [5.74, 6) is 0. The number of rotatable bonds is 9. The largest absolute Gasteiger partial charge is 0.309 e. The van der Waals surface area contributed by atoms with Crippen molar-refractivity contribution >= 4 is 0 Å². The van der Waals surface area contributed by atoms with Gasteiger partial charge in [-0.3, -0.25) is 4.68 Å². The first-order chi connectivity index (χ1) is 8.29. The molecule has 1 heterocycles. The Morgan fingerprint density at radius 3 is 2.88 bits per heavy atom. The molecule has 0 fully saturated rings. The normalized spacial score (nSPS) is 12.6. The molecule has 1 N–H and O–H groups in total. The van der Waals surface area contributed by atoms with E-state index in [9.17, 15) is 0 Å². The van der Waals surface area contributed by atoms with Crippen molar-refractivity contribution in [1.29, 1.82) is 0 Å². The lowest BCUT2D eigenvalue weighted by Crippen LogP contribution is -2.23. The van der Waals surface area contributed by atoms with E-state index in [1.165, 1.54) is 31.4 Å². The Labute approximate surface area is 105 Å². The summed E-state index contributed by atoms with van der Waals surface area (Å²) in [6.45, 7) is 6.91. The van der Waals surface area contributed by atoms with Gasteiger partial charge in [0.15, 0.2) is 0 Å². The summed E-state index contributed by atoms with van der Waals surface area (Å²) in [7, 11) is 2.01. The first-order valence-electron chi connectivity index (χ1n) is 6.61. The first kappa shape index (κ1) is 14.0. The molecule has 96 valence electrons. The standard InChI is InChI=1S/C14H25N3/c1-4-6-7-8-9-10-13(15-5-2)14-11-12-16-17(14)3/h4,11-13,15H,1,5-10H2,2-3H3. The summed E-state index contributed by atoms with van der Waals surface area (Å²) in [4.78, 5) is 0. The van der Waals surface area contributed by atoms with Crippen LogP contribution in [0.2, 0.25) is 0 Å². The molecule has 0 saturated heterocycles. The summed E-state index contributed by atoms with van der Waals surface area (Å²) < 4.78 is 1.97. The Kier molecular flexibility index (Phi) is 6.63. The Bertz CT molecular complexity index is 317. The molecular weight excluding hydrogens is 210 g/mol. The van der Waals surface area contributed by atoms with Gasteiger partial charge in [-0.1, -0.05) is 25.8 Å². The monoisotopic (exact) mass is 235 g/mol. The van der Waals surface area contributed by atoms with Crippen LogP contribution in [0.5, 0.6) is 0 Å². The predicted molar refractivity (Wildman–Crippen MR) is 72.9 cm³/mol. The van der Waals surface area contributed by atoms with Gasteiger partial charge in [-0.2, -0.15) is 5.10 Å². The number of hydrogen-bond acceptors (Lipinski definition) is 2. The van der Waals surface area contributed by atoms with Gasteiger partial charge >= 0.3 is 0 Å². The second kappa shape index (κ2) is 8.07. The minimum absolute atomic E-state index is 0.441. The third-order valence-electron chi connectivity index (χ3n) is 3.07. The van der Waals surface area contributed by atoms with Crippen LogP contribution < -0.4 is 5.32 Å². The molecule has 0 aromatic carbocycles. The minimum Gasteiger partial charge on any atom is -0.309 e. The molecule has 0 aliphatic rings. The molecular formula is C14H25N3. The Balaban J connectivity index is 2.39. The lowest BCUT2D eigenvalue weighted by Gasteiger charge is -2.18. The molecule has 0 aliphatic heterocycles. The van der Waals surface area contributed by atoms with Crippen molar-refractivity contribution in [3.8, 4) is 0 Å². The lowest BCUT2D eigenvalue weighted by atomic mass is 10.0. The third-order valence-corrected chi connectivity index (χ3v) is 3.07. The first-order valence-corrected chi connectivity index (χ1v) is 6.61. The fourth-order valence-electron chi connectivity index (χ4n) is 2.14. The van der Waals surface area contributed by atoms with E-state index in [1.807, 2.05) is 24.0 Å². The molecule has 0 radical (unpaired) electrons. The molecule has 0 amide bonds. The SMILES string of the molecule is C=CCCCCCC(NCC)c1ccnn1C. The summed E-state index contributed by atoms with van der Waals surface area (Å²) in [6, 6.07) is 2.55. The maximum atomic E-state index is 4.24. The highest BCUT2D eigenvalue weighted by Crippen LogP contribution is 2.19.